The second-order valence-electron chi connectivity index (χ2n) is 1.44. The summed E-state index contributed by atoms with van der Waals surface area (Å²) in [5.74, 6) is 0. The van der Waals surface area contributed by atoms with Crippen LogP contribution in [0, 0.1) is 10.1 Å². The lowest BCUT2D eigenvalue weighted by molar-refractivity contribution is -0.410. The Hall–Kier alpha value is -0.750. The van der Waals surface area contributed by atoms with Crippen LogP contribution in [0.15, 0.2) is 11.2 Å². The molecule has 0 aromatic rings. The molecule has 0 aromatic heterocycles. The number of nitro groups is 1. The van der Waals surface area contributed by atoms with Crippen LogP contribution in [0.4, 0.5) is 0 Å². The molecule has 0 fully saturated rings. The van der Waals surface area contributed by atoms with Crippen molar-refractivity contribution in [3.63, 3.8) is 0 Å². The van der Waals surface area contributed by atoms with E-state index in [1.54, 1.807) is 0 Å². The second kappa shape index (κ2) is 2.24. The zero-order valence-corrected chi connectivity index (χ0v) is 5.22. The van der Waals surface area contributed by atoms with Crippen LogP contribution in [-0.2, 0) is 0 Å². The van der Waals surface area contributed by atoms with Crippen LogP contribution in [-0.4, -0.2) is 10.4 Å². The average Bonchev–Trinajstić information content (AvgIpc) is 2.14. The van der Waals surface area contributed by atoms with E-state index in [9.17, 15) is 10.1 Å². The van der Waals surface area contributed by atoms with Gasteiger partial charge in [0.05, 0.1) is 11.1 Å². The van der Waals surface area contributed by atoms with Crippen molar-refractivity contribution in [1.29, 1.82) is 0 Å². The van der Waals surface area contributed by atoms with Crippen molar-refractivity contribution in [2.45, 2.75) is 5.50 Å². The van der Waals surface area contributed by atoms with Crippen LogP contribution in [0.3, 0.4) is 0 Å². The maximum atomic E-state index is 9.97. The van der Waals surface area contributed by atoms with Gasteiger partial charge in [-0.1, -0.05) is 0 Å². The Morgan fingerprint density at radius 2 is 2.67 bits per heavy atom. The minimum absolute atomic E-state index is 0.0718. The van der Waals surface area contributed by atoms with Gasteiger partial charge in [0.25, 0.3) is 0 Å². The average molecular weight is 147 g/mol. The van der Waals surface area contributed by atoms with Gasteiger partial charge < -0.3 is 11.1 Å². The van der Waals surface area contributed by atoms with Gasteiger partial charge in [-0.15, -0.1) is 0 Å². The van der Waals surface area contributed by atoms with Crippen LogP contribution in [0.5, 0.6) is 0 Å². The number of nitrogens with zero attached hydrogens (tertiary/aromatic N) is 1. The van der Waals surface area contributed by atoms with Crippen molar-refractivity contribution in [3.05, 3.63) is 21.3 Å². The number of nitrogens with two attached hydrogens (primary N) is 1. The monoisotopic (exact) mass is 147 g/mol. The molecule has 1 rings (SSSR count). The van der Waals surface area contributed by atoms with Gasteiger partial charge in [-0.25, -0.2) is 0 Å². The van der Waals surface area contributed by atoms with Gasteiger partial charge in [0.15, 0.2) is 0 Å². The summed E-state index contributed by atoms with van der Waals surface area (Å²) in [6, 6.07) is 0. The summed E-state index contributed by atoms with van der Waals surface area (Å²) in [6.45, 7) is 0. The summed E-state index contributed by atoms with van der Waals surface area (Å²) in [7, 11) is 0. The van der Waals surface area contributed by atoms with E-state index < -0.39 is 4.92 Å². The molecule has 0 spiro atoms. The Balaban J connectivity index is 2.55. The second-order valence-corrected chi connectivity index (χ2v) is 2.61. The van der Waals surface area contributed by atoms with Crippen molar-refractivity contribution in [3.8, 4) is 0 Å². The van der Waals surface area contributed by atoms with Crippen LogP contribution < -0.4 is 11.1 Å². The Labute approximate surface area is 55.4 Å². The standard InChI is InChI=1S/C3H5N3O2S/c4-3-5-1-2(9-3)6(7)8/h1,3,5H,4H2. The van der Waals surface area contributed by atoms with E-state index in [0.717, 1.165) is 11.8 Å². The van der Waals surface area contributed by atoms with Crippen molar-refractivity contribution < 1.29 is 4.92 Å². The molecule has 9 heavy (non-hydrogen) atoms. The lowest BCUT2D eigenvalue weighted by Crippen LogP contribution is -2.25. The largest absolute Gasteiger partial charge is 0.361 e. The van der Waals surface area contributed by atoms with E-state index in [1.165, 1.54) is 6.20 Å². The third-order valence-electron chi connectivity index (χ3n) is 0.799. The molecule has 1 atom stereocenters. The number of rotatable bonds is 1. The molecule has 3 N–H and O–H groups in total. The van der Waals surface area contributed by atoms with Crippen molar-refractivity contribution in [2.24, 2.45) is 5.73 Å². The van der Waals surface area contributed by atoms with Gasteiger partial charge in [-0.05, 0) is 11.8 Å². The van der Waals surface area contributed by atoms with Crippen LogP contribution in [0.1, 0.15) is 0 Å². The summed E-state index contributed by atoms with van der Waals surface area (Å²) in [5, 5.41) is 12.6. The first kappa shape index (κ1) is 6.37. The topological polar surface area (TPSA) is 81.2 Å². The quantitative estimate of drug-likeness (QED) is 0.391. The predicted molar refractivity (Wildman–Crippen MR) is 33.8 cm³/mol. The predicted octanol–water partition coefficient (Wildman–Crippen LogP) is -0.359. The van der Waals surface area contributed by atoms with Crippen LogP contribution in [0.25, 0.3) is 0 Å². The molecule has 0 aromatic carbocycles. The summed E-state index contributed by atoms with van der Waals surface area (Å²) >= 11 is 1.00. The summed E-state index contributed by atoms with van der Waals surface area (Å²) in [5.41, 5.74) is 4.90. The highest BCUT2D eigenvalue weighted by Gasteiger charge is 2.21. The molecule has 0 radical (unpaired) electrons. The fourth-order valence-corrected chi connectivity index (χ4v) is 1.07. The molecule has 0 saturated heterocycles. The Kier molecular flexibility index (Phi) is 1.58. The fourth-order valence-electron chi connectivity index (χ4n) is 0.447. The minimum Gasteiger partial charge on any atom is -0.361 e. The third kappa shape index (κ3) is 1.33. The number of hydrogen-bond acceptors (Lipinski definition) is 5. The first-order valence-electron chi connectivity index (χ1n) is 2.23. The molecule has 0 amide bonds. The highest BCUT2D eigenvalue weighted by molar-refractivity contribution is 8.03. The van der Waals surface area contributed by atoms with Gasteiger partial charge in [0.2, 0.25) is 0 Å². The van der Waals surface area contributed by atoms with Crippen LogP contribution in [0.2, 0.25) is 0 Å². The molecule has 1 aliphatic rings. The first-order chi connectivity index (χ1) is 4.20. The van der Waals surface area contributed by atoms with Crippen molar-refractivity contribution in [2.75, 3.05) is 0 Å². The number of nitrogens with one attached hydrogen (secondary N) is 1. The van der Waals surface area contributed by atoms with E-state index in [2.05, 4.69) is 5.32 Å². The van der Waals surface area contributed by atoms with E-state index in [0.29, 0.717) is 0 Å². The Bertz CT molecular complexity index is 168. The molecule has 1 heterocycles. The zero-order chi connectivity index (χ0) is 6.85. The zero-order valence-electron chi connectivity index (χ0n) is 4.40. The fraction of sp³-hybridized carbons (Fsp3) is 0.333. The molecule has 1 aliphatic heterocycles. The molecular weight excluding hydrogens is 142 g/mol. The molecule has 50 valence electrons. The third-order valence-corrected chi connectivity index (χ3v) is 1.70. The number of thioether (sulfide) groups is 1. The Morgan fingerprint density at radius 3 is 2.89 bits per heavy atom. The molecule has 0 bridgehead atoms. The van der Waals surface area contributed by atoms with Crippen molar-refractivity contribution in [1.82, 2.24) is 5.32 Å². The van der Waals surface area contributed by atoms with Crippen molar-refractivity contribution >= 4 is 11.8 Å². The molecule has 0 aliphatic carbocycles. The smallest absolute Gasteiger partial charge is 0.322 e. The highest BCUT2D eigenvalue weighted by Crippen LogP contribution is 2.21. The van der Waals surface area contributed by atoms with Gasteiger partial charge >= 0.3 is 5.03 Å². The summed E-state index contributed by atoms with van der Waals surface area (Å²) in [6.07, 6.45) is 1.30. The minimum atomic E-state index is -0.468. The highest BCUT2D eigenvalue weighted by atomic mass is 32.2. The normalized spacial score (nSPS) is 25.0. The molecule has 1 unspecified atom stereocenters. The van der Waals surface area contributed by atoms with Gasteiger partial charge in [0.1, 0.15) is 5.50 Å². The van der Waals surface area contributed by atoms with Gasteiger partial charge in [-0.2, -0.15) is 0 Å². The first-order valence-corrected chi connectivity index (χ1v) is 3.11. The van der Waals surface area contributed by atoms with Crippen LogP contribution >= 0.6 is 11.8 Å². The van der Waals surface area contributed by atoms with Gasteiger partial charge in [0, 0.05) is 0 Å². The summed E-state index contributed by atoms with van der Waals surface area (Å²) < 4.78 is 0. The maximum absolute atomic E-state index is 9.97. The molecule has 6 heteroatoms. The SMILES string of the molecule is NC1NC=C([N+](=O)[O-])S1. The Morgan fingerprint density at radius 1 is 2.00 bits per heavy atom. The molecule has 0 saturated carbocycles. The van der Waals surface area contributed by atoms with Gasteiger partial charge in [-0.3, -0.25) is 10.1 Å². The molecule has 5 nitrogen and oxygen atoms in total. The van der Waals surface area contributed by atoms with E-state index in [1.807, 2.05) is 0 Å². The van der Waals surface area contributed by atoms with E-state index in [-0.39, 0.29) is 10.5 Å². The maximum Gasteiger partial charge on any atom is 0.322 e. The number of hydrogen-bond donors (Lipinski definition) is 2. The lowest BCUT2D eigenvalue weighted by atomic mass is 10.9. The van der Waals surface area contributed by atoms with E-state index >= 15 is 0 Å². The molecular formula is C3H5N3O2S. The summed E-state index contributed by atoms with van der Waals surface area (Å²) in [4.78, 5) is 9.50. The lowest BCUT2D eigenvalue weighted by Gasteiger charge is -1.96. The van der Waals surface area contributed by atoms with E-state index in [4.69, 9.17) is 5.73 Å².